The largest absolute Gasteiger partial charge is 0.496 e. The summed E-state index contributed by atoms with van der Waals surface area (Å²) in [5, 5.41) is 2.62. The van der Waals surface area contributed by atoms with Crippen LogP contribution in [0.4, 0.5) is 18.9 Å². The summed E-state index contributed by atoms with van der Waals surface area (Å²) in [4.78, 5) is 20.3. The first-order chi connectivity index (χ1) is 17.6. The number of methoxy groups -OCH3 is 1. The zero-order valence-corrected chi connectivity index (χ0v) is 21.3. The number of hydrogen-bond acceptors (Lipinski definition) is 3. The molecule has 4 rings (SSSR count). The summed E-state index contributed by atoms with van der Waals surface area (Å²) in [5.74, 6) is -3.62. The fourth-order valence-electron chi connectivity index (χ4n) is 4.37. The highest BCUT2D eigenvalue weighted by Gasteiger charge is 2.29. The summed E-state index contributed by atoms with van der Waals surface area (Å²) in [7, 11) is 1.48. The molecule has 1 heterocycles. The Kier molecular flexibility index (Phi) is 7.12. The van der Waals surface area contributed by atoms with Gasteiger partial charge in [-0.3, -0.25) is 4.79 Å². The van der Waals surface area contributed by atoms with Crippen molar-refractivity contribution in [2.24, 2.45) is 0 Å². The van der Waals surface area contributed by atoms with Crippen LogP contribution in [0.3, 0.4) is 0 Å². The average Bonchev–Trinajstić information content (AvgIpc) is 3.26. The molecule has 0 fully saturated rings. The number of nitrogens with one attached hydrogen (secondary N) is 2. The van der Waals surface area contributed by atoms with Gasteiger partial charge in [-0.25, -0.2) is 18.2 Å². The molecule has 0 radical (unpaired) electrons. The van der Waals surface area contributed by atoms with Gasteiger partial charge in [0.1, 0.15) is 23.1 Å². The average molecular weight is 508 g/mol. The summed E-state index contributed by atoms with van der Waals surface area (Å²) in [6.07, 6.45) is -0.357. The second kappa shape index (κ2) is 10.1. The first-order valence-electron chi connectivity index (χ1n) is 11.9. The summed E-state index contributed by atoms with van der Waals surface area (Å²) in [5.41, 5.74) is 4.26. The zero-order valence-electron chi connectivity index (χ0n) is 21.3. The second-order valence-corrected chi connectivity index (χ2v) is 8.95. The number of aromatic nitrogens is 2. The molecule has 1 amide bonds. The molecular formula is C29H28F3N3O2. The van der Waals surface area contributed by atoms with E-state index in [9.17, 15) is 13.6 Å². The highest BCUT2D eigenvalue weighted by Crippen LogP contribution is 2.39. The Bertz CT molecular complexity index is 1460. The van der Waals surface area contributed by atoms with Gasteiger partial charge in [-0.1, -0.05) is 37.3 Å². The van der Waals surface area contributed by atoms with E-state index in [0.717, 1.165) is 16.7 Å². The number of aromatic amines is 1. The molecule has 1 aromatic heterocycles. The number of aryl methyl sites for hydroxylation is 3. The van der Waals surface area contributed by atoms with Crippen LogP contribution in [0.25, 0.3) is 22.5 Å². The second-order valence-electron chi connectivity index (χ2n) is 8.95. The lowest BCUT2D eigenvalue weighted by atomic mass is 9.93. The number of imidazole rings is 1. The molecule has 192 valence electrons. The maximum Gasteiger partial charge on any atom is 0.276 e. The Hall–Kier alpha value is -4.07. The van der Waals surface area contributed by atoms with E-state index >= 15 is 4.39 Å². The van der Waals surface area contributed by atoms with Gasteiger partial charge in [-0.2, -0.15) is 0 Å². The van der Waals surface area contributed by atoms with Crippen molar-refractivity contribution in [2.45, 2.75) is 40.0 Å². The van der Waals surface area contributed by atoms with Crippen LogP contribution < -0.4 is 10.1 Å². The molecule has 37 heavy (non-hydrogen) atoms. The molecular weight excluding hydrogens is 479 g/mol. The van der Waals surface area contributed by atoms with E-state index in [1.165, 1.54) is 44.4 Å². The summed E-state index contributed by atoms with van der Waals surface area (Å²) < 4.78 is 48.9. The number of carbonyl (C=O) groups excluding carboxylic acids is 1. The van der Waals surface area contributed by atoms with Gasteiger partial charge >= 0.3 is 0 Å². The number of hydrogen-bond donors (Lipinski definition) is 2. The molecule has 8 heteroatoms. The molecule has 5 nitrogen and oxygen atoms in total. The van der Waals surface area contributed by atoms with Crippen molar-refractivity contribution in [2.75, 3.05) is 12.4 Å². The highest BCUT2D eigenvalue weighted by molar-refractivity contribution is 6.04. The van der Waals surface area contributed by atoms with Gasteiger partial charge in [0.15, 0.2) is 0 Å². The highest BCUT2D eigenvalue weighted by atomic mass is 19.3. The number of halogens is 3. The minimum absolute atomic E-state index is 0.0338. The lowest BCUT2D eigenvalue weighted by Crippen LogP contribution is -2.16. The molecule has 0 aliphatic heterocycles. The molecule has 3 aromatic carbocycles. The number of benzene rings is 3. The number of anilines is 1. The lowest BCUT2D eigenvalue weighted by Gasteiger charge is -2.15. The van der Waals surface area contributed by atoms with Crippen molar-refractivity contribution >= 4 is 11.6 Å². The SMILES string of the molecule is CCC(F)(F)c1cccc(NC(=O)c2nc(-c3cc(-c4c(C)cccc4C)c(OC)cc3F)[nH]c2C)c1. The van der Waals surface area contributed by atoms with Crippen LogP contribution in [-0.4, -0.2) is 23.0 Å². The normalized spacial score (nSPS) is 11.5. The third kappa shape index (κ3) is 5.09. The quantitative estimate of drug-likeness (QED) is 0.271. The monoisotopic (exact) mass is 507 g/mol. The number of ether oxygens (including phenoxy) is 1. The predicted octanol–water partition coefficient (Wildman–Crippen LogP) is 7.57. The Morgan fingerprint density at radius 3 is 2.35 bits per heavy atom. The van der Waals surface area contributed by atoms with Gasteiger partial charge < -0.3 is 15.0 Å². The number of rotatable bonds is 7. The molecule has 4 aromatic rings. The molecule has 0 bridgehead atoms. The first kappa shape index (κ1) is 26.0. The Balaban J connectivity index is 1.71. The fraction of sp³-hybridized carbons (Fsp3) is 0.241. The maximum atomic E-state index is 15.2. The molecule has 0 unspecified atom stereocenters. The van der Waals surface area contributed by atoms with Crippen molar-refractivity contribution in [1.82, 2.24) is 9.97 Å². The fourth-order valence-corrected chi connectivity index (χ4v) is 4.37. The van der Waals surface area contributed by atoms with Gasteiger partial charge in [0.25, 0.3) is 11.8 Å². The van der Waals surface area contributed by atoms with Gasteiger partial charge in [-0.05, 0) is 55.7 Å². The molecule has 0 atom stereocenters. The van der Waals surface area contributed by atoms with E-state index < -0.39 is 17.6 Å². The van der Waals surface area contributed by atoms with Crippen molar-refractivity contribution in [3.63, 3.8) is 0 Å². The van der Waals surface area contributed by atoms with Crippen LogP contribution in [-0.2, 0) is 5.92 Å². The van der Waals surface area contributed by atoms with E-state index in [1.807, 2.05) is 32.0 Å². The Morgan fingerprint density at radius 1 is 1.03 bits per heavy atom. The third-order valence-corrected chi connectivity index (χ3v) is 6.38. The Morgan fingerprint density at radius 2 is 1.70 bits per heavy atom. The van der Waals surface area contributed by atoms with Gasteiger partial charge in [0.2, 0.25) is 0 Å². The number of amides is 1. The van der Waals surface area contributed by atoms with Crippen LogP contribution >= 0.6 is 0 Å². The van der Waals surface area contributed by atoms with Crippen LogP contribution in [0.15, 0.2) is 54.6 Å². The van der Waals surface area contributed by atoms with Crippen LogP contribution in [0.2, 0.25) is 0 Å². The van der Waals surface area contributed by atoms with Crippen LogP contribution in [0.1, 0.15) is 46.2 Å². The topological polar surface area (TPSA) is 67.0 Å². The minimum Gasteiger partial charge on any atom is -0.496 e. The predicted molar refractivity (Wildman–Crippen MR) is 139 cm³/mol. The van der Waals surface area contributed by atoms with E-state index in [2.05, 4.69) is 15.3 Å². The third-order valence-electron chi connectivity index (χ3n) is 6.38. The number of nitrogens with zero attached hydrogens (tertiary/aromatic N) is 1. The standard InChI is InChI=1S/C29H28F3N3O2/c1-6-29(31,32)19-11-8-12-20(13-19)34-28(36)26-18(4)33-27(35-26)21-14-22(24(37-5)15-23(21)30)25-16(2)9-7-10-17(25)3/h7-15H,6H2,1-5H3,(H,33,35)(H,34,36). The zero-order chi connectivity index (χ0) is 26.9. The van der Waals surface area contributed by atoms with Gasteiger partial charge in [0.05, 0.1) is 12.7 Å². The van der Waals surface area contributed by atoms with Crippen molar-refractivity contribution < 1.29 is 22.7 Å². The summed E-state index contributed by atoms with van der Waals surface area (Å²) in [6, 6.07) is 14.4. The number of alkyl halides is 2. The number of carbonyl (C=O) groups is 1. The lowest BCUT2D eigenvalue weighted by molar-refractivity contribution is -0.00824. The van der Waals surface area contributed by atoms with Gasteiger partial charge in [-0.15, -0.1) is 0 Å². The summed E-state index contributed by atoms with van der Waals surface area (Å²) in [6.45, 7) is 6.97. The van der Waals surface area contributed by atoms with Crippen molar-refractivity contribution in [3.05, 3.63) is 88.5 Å². The van der Waals surface area contributed by atoms with E-state index in [1.54, 1.807) is 13.0 Å². The smallest absolute Gasteiger partial charge is 0.276 e. The van der Waals surface area contributed by atoms with Crippen LogP contribution in [0, 0.1) is 26.6 Å². The summed E-state index contributed by atoms with van der Waals surface area (Å²) >= 11 is 0. The molecule has 0 saturated heterocycles. The first-order valence-corrected chi connectivity index (χ1v) is 11.9. The minimum atomic E-state index is -3.00. The van der Waals surface area contributed by atoms with Gasteiger partial charge in [0, 0.05) is 35.0 Å². The number of H-pyrrole nitrogens is 1. The van der Waals surface area contributed by atoms with E-state index in [4.69, 9.17) is 4.74 Å². The molecule has 0 spiro atoms. The van der Waals surface area contributed by atoms with Crippen molar-refractivity contribution in [3.8, 4) is 28.3 Å². The molecule has 0 aliphatic rings. The molecule has 2 N–H and O–H groups in total. The maximum absolute atomic E-state index is 15.2. The van der Waals surface area contributed by atoms with E-state index in [0.29, 0.717) is 17.0 Å². The van der Waals surface area contributed by atoms with E-state index in [-0.39, 0.29) is 34.8 Å². The molecule has 0 saturated carbocycles. The van der Waals surface area contributed by atoms with Crippen molar-refractivity contribution in [1.29, 1.82) is 0 Å². The Labute approximate surface area is 213 Å². The molecule has 0 aliphatic carbocycles. The van der Waals surface area contributed by atoms with Crippen LogP contribution in [0.5, 0.6) is 5.75 Å².